The van der Waals surface area contributed by atoms with Gasteiger partial charge in [-0.15, -0.1) is 0 Å². The minimum Gasteiger partial charge on any atom is -0.422 e. The maximum absolute atomic E-state index is 13.0. The molecule has 1 aliphatic heterocycles. The molecule has 0 spiro atoms. The molecule has 0 bridgehead atoms. The Bertz CT molecular complexity index is 1530. The fourth-order valence-electron chi connectivity index (χ4n) is 4.30. The minimum atomic E-state index is -0.376. The maximum Gasteiger partial charge on any atom is 0.345 e. The summed E-state index contributed by atoms with van der Waals surface area (Å²) in [5, 5.41) is 1.60. The first kappa shape index (κ1) is 24.7. The summed E-state index contributed by atoms with van der Waals surface area (Å²) in [6, 6.07) is 22.9. The summed E-state index contributed by atoms with van der Waals surface area (Å²) in [6.45, 7) is 2.65. The lowest BCUT2D eigenvalue weighted by Gasteiger charge is -2.30. The number of fused-ring (bicyclic) bond motifs is 1. The van der Waals surface area contributed by atoms with Gasteiger partial charge in [0.25, 0.3) is 0 Å². The normalized spacial score (nSPS) is 14.8. The van der Waals surface area contributed by atoms with Crippen LogP contribution in [-0.2, 0) is 4.74 Å². The van der Waals surface area contributed by atoms with E-state index in [2.05, 4.69) is 14.9 Å². The Balaban J connectivity index is 1.43. The third-order valence-electron chi connectivity index (χ3n) is 6.19. The second-order valence-electron chi connectivity index (χ2n) is 8.55. The molecule has 1 fully saturated rings. The number of para-hydroxylation sites is 1. The van der Waals surface area contributed by atoms with E-state index in [4.69, 9.17) is 20.8 Å². The lowest BCUT2D eigenvalue weighted by Crippen LogP contribution is -2.37. The first-order valence-corrected chi connectivity index (χ1v) is 12.4. The van der Waals surface area contributed by atoms with Gasteiger partial charge in [-0.2, -0.15) is 0 Å². The summed E-state index contributed by atoms with van der Waals surface area (Å²) < 4.78 is 11.2. The number of ether oxygens (including phenoxy) is 1. The highest BCUT2D eigenvalue weighted by molar-refractivity contribution is 6.30. The number of halogens is 1. The molecule has 0 unspecified atom stereocenters. The van der Waals surface area contributed by atoms with Crippen LogP contribution in [0.5, 0.6) is 0 Å². The molecule has 3 aromatic carbocycles. The Hall–Kier alpha value is -4.00. The van der Waals surface area contributed by atoms with Gasteiger partial charge in [0, 0.05) is 36.8 Å². The Kier molecular flexibility index (Phi) is 7.59. The van der Waals surface area contributed by atoms with Crippen molar-refractivity contribution in [1.82, 2.24) is 0 Å². The molecule has 1 aliphatic rings. The third-order valence-corrected chi connectivity index (χ3v) is 6.44. The molecule has 1 saturated heterocycles. The fraction of sp³-hybridized carbons (Fsp3) is 0.167. The summed E-state index contributed by atoms with van der Waals surface area (Å²) in [7, 11) is 1.73. The summed E-state index contributed by atoms with van der Waals surface area (Å²) >= 11 is 5.95. The second kappa shape index (κ2) is 11.4. The first-order valence-electron chi connectivity index (χ1n) is 12.1. The summed E-state index contributed by atoms with van der Waals surface area (Å²) in [6.07, 6.45) is 5.46. The number of anilines is 1. The van der Waals surface area contributed by atoms with Crippen LogP contribution in [0.25, 0.3) is 17.0 Å². The van der Waals surface area contributed by atoms with E-state index in [1.807, 2.05) is 78.9 Å². The highest BCUT2D eigenvalue weighted by Crippen LogP contribution is 2.30. The molecule has 5 rings (SSSR count). The first-order chi connectivity index (χ1) is 18.1. The van der Waals surface area contributed by atoms with E-state index in [1.54, 1.807) is 19.3 Å². The highest BCUT2D eigenvalue weighted by atomic mass is 35.5. The van der Waals surface area contributed by atoms with Gasteiger partial charge in [-0.25, -0.2) is 4.79 Å². The van der Waals surface area contributed by atoms with Crippen LogP contribution in [0.4, 0.5) is 11.4 Å². The van der Waals surface area contributed by atoms with Gasteiger partial charge in [0.05, 0.1) is 35.9 Å². The Morgan fingerprint density at radius 1 is 0.973 bits per heavy atom. The van der Waals surface area contributed by atoms with E-state index in [9.17, 15) is 4.79 Å². The molecular weight excluding hydrogens is 486 g/mol. The maximum atomic E-state index is 13.0. The largest absolute Gasteiger partial charge is 0.422 e. The van der Waals surface area contributed by atoms with Crippen LogP contribution in [0.1, 0.15) is 16.7 Å². The van der Waals surface area contributed by atoms with Crippen molar-refractivity contribution in [3.05, 3.63) is 111 Å². The van der Waals surface area contributed by atoms with Crippen LogP contribution in [0.15, 0.2) is 98.1 Å². The summed E-state index contributed by atoms with van der Waals surface area (Å²) in [5.41, 5.74) is 5.03. The molecule has 0 atom stereocenters. The van der Waals surface area contributed by atoms with E-state index in [0.717, 1.165) is 33.6 Å². The van der Waals surface area contributed by atoms with Gasteiger partial charge in [0.1, 0.15) is 5.58 Å². The monoisotopic (exact) mass is 511 g/mol. The molecule has 0 aliphatic carbocycles. The Morgan fingerprint density at radius 2 is 1.70 bits per heavy atom. The molecule has 37 heavy (non-hydrogen) atoms. The molecule has 186 valence electrons. The number of morpholine rings is 1. The Morgan fingerprint density at radius 3 is 2.43 bits per heavy atom. The minimum absolute atomic E-state index is 0.376. The average Bonchev–Trinajstić information content (AvgIpc) is 2.94. The van der Waals surface area contributed by atoms with E-state index >= 15 is 0 Å². The number of nitrogens with zero attached hydrogens (tertiary/aromatic N) is 3. The van der Waals surface area contributed by atoms with Crippen LogP contribution in [0.2, 0.25) is 5.02 Å². The van der Waals surface area contributed by atoms with Crippen molar-refractivity contribution < 1.29 is 9.15 Å². The van der Waals surface area contributed by atoms with Gasteiger partial charge in [-0.3, -0.25) is 9.98 Å². The van der Waals surface area contributed by atoms with Crippen molar-refractivity contribution in [2.24, 2.45) is 9.98 Å². The highest BCUT2D eigenvalue weighted by Gasteiger charge is 2.20. The zero-order valence-corrected chi connectivity index (χ0v) is 21.2. The quantitative estimate of drug-likeness (QED) is 0.229. The molecule has 0 amide bonds. The molecule has 0 saturated carbocycles. The molecular formula is C30H26ClN3O3. The van der Waals surface area contributed by atoms with Gasteiger partial charge < -0.3 is 14.1 Å². The zero-order chi connectivity index (χ0) is 25.6. The predicted octanol–water partition coefficient (Wildman–Crippen LogP) is 6.17. The second-order valence-corrected chi connectivity index (χ2v) is 8.98. The van der Waals surface area contributed by atoms with E-state index in [1.165, 1.54) is 0 Å². The van der Waals surface area contributed by atoms with Crippen LogP contribution in [0.3, 0.4) is 0 Å². The van der Waals surface area contributed by atoms with Crippen molar-refractivity contribution in [2.45, 2.75) is 0 Å². The standard InChI is InChI=1S/C30H26ClN3O3/c1-32-27(22-8-12-24(13-9-22)33-20-21-6-10-23(31)11-7-21)15-14-26-29(34-16-18-36-19-17-34)25-4-2-3-5-28(25)37-30(26)35/h2-15,20H,16-19H2,1H3/b15-14+,32-27?,33-20?. The van der Waals surface area contributed by atoms with E-state index < -0.39 is 0 Å². The lowest BCUT2D eigenvalue weighted by molar-refractivity contribution is 0.123. The van der Waals surface area contributed by atoms with E-state index in [0.29, 0.717) is 42.5 Å². The van der Waals surface area contributed by atoms with Gasteiger partial charge >= 0.3 is 5.63 Å². The number of hydrogen-bond donors (Lipinski definition) is 0. The van der Waals surface area contributed by atoms with Gasteiger partial charge in [-0.05, 0) is 59.7 Å². The van der Waals surface area contributed by atoms with Crippen molar-refractivity contribution in [2.75, 3.05) is 38.3 Å². The molecule has 1 aromatic heterocycles. The van der Waals surface area contributed by atoms with Crippen molar-refractivity contribution in [3.63, 3.8) is 0 Å². The van der Waals surface area contributed by atoms with Crippen LogP contribution in [0, 0.1) is 0 Å². The van der Waals surface area contributed by atoms with Crippen LogP contribution >= 0.6 is 11.6 Å². The number of hydrogen-bond acceptors (Lipinski definition) is 6. The number of rotatable bonds is 6. The fourth-order valence-corrected chi connectivity index (χ4v) is 4.43. The topological polar surface area (TPSA) is 67.4 Å². The van der Waals surface area contributed by atoms with Crippen LogP contribution in [-0.4, -0.2) is 45.3 Å². The predicted molar refractivity (Wildman–Crippen MR) is 152 cm³/mol. The summed E-state index contributed by atoms with van der Waals surface area (Å²) in [4.78, 5) is 24.2. The Labute approximate surface area is 220 Å². The SMILES string of the molecule is CN=C(/C=C/c1c(N2CCOCC2)c2ccccc2oc1=O)c1ccc(N=Cc2ccc(Cl)cc2)cc1. The zero-order valence-electron chi connectivity index (χ0n) is 20.4. The molecule has 0 radical (unpaired) electrons. The smallest absolute Gasteiger partial charge is 0.345 e. The molecule has 2 heterocycles. The van der Waals surface area contributed by atoms with Gasteiger partial charge in [0.2, 0.25) is 0 Å². The van der Waals surface area contributed by atoms with Crippen molar-refractivity contribution in [1.29, 1.82) is 0 Å². The number of allylic oxidation sites excluding steroid dienone is 1. The number of benzene rings is 3. The van der Waals surface area contributed by atoms with Crippen molar-refractivity contribution in [3.8, 4) is 0 Å². The molecule has 7 heteroatoms. The number of aliphatic imine (C=N–C) groups is 2. The van der Waals surface area contributed by atoms with Gasteiger partial charge in [0.15, 0.2) is 0 Å². The summed E-state index contributed by atoms with van der Waals surface area (Å²) in [5.74, 6) is 0. The third kappa shape index (κ3) is 5.71. The van der Waals surface area contributed by atoms with Crippen molar-refractivity contribution >= 4 is 51.9 Å². The van der Waals surface area contributed by atoms with Crippen LogP contribution < -0.4 is 10.5 Å². The molecule has 6 nitrogen and oxygen atoms in total. The van der Waals surface area contributed by atoms with E-state index in [-0.39, 0.29) is 5.63 Å². The molecule has 4 aromatic rings. The van der Waals surface area contributed by atoms with Gasteiger partial charge in [-0.1, -0.05) is 48.0 Å². The lowest BCUT2D eigenvalue weighted by atomic mass is 10.1. The average molecular weight is 512 g/mol. The molecule has 0 N–H and O–H groups in total.